The summed E-state index contributed by atoms with van der Waals surface area (Å²) in [6, 6.07) is 8.32. The van der Waals surface area contributed by atoms with Gasteiger partial charge in [0.05, 0.1) is 0 Å². The van der Waals surface area contributed by atoms with E-state index < -0.39 is 0 Å². The standard InChI is InChI=1S/C17H24BrCl/c18-13-16(10-9-14-5-2-1-3-6-14)11-15-7-4-8-17(19)12-15/h4,7-8,12,14,16H,1-3,5-6,9-11,13H2. The van der Waals surface area contributed by atoms with Crippen LogP contribution in [0.3, 0.4) is 0 Å². The van der Waals surface area contributed by atoms with Crippen molar-refractivity contribution < 1.29 is 0 Å². The van der Waals surface area contributed by atoms with Gasteiger partial charge in [-0.25, -0.2) is 0 Å². The first-order valence-electron chi connectivity index (χ1n) is 7.58. The lowest BCUT2D eigenvalue weighted by Gasteiger charge is -2.23. The molecule has 0 aromatic heterocycles. The van der Waals surface area contributed by atoms with Crippen molar-refractivity contribution in [2.45, 2.75) is 51.4 Å². The molecule has 0 N–H and O–H groups in total. The Kier molecular flexibility index (Phi) is 6.73. The SMILES string of the molecule is Clc1cccc(CC(CBr)CCC2CCCCC2)c1. The highest BCUT2D eigenvalue weighted by atomic mass is 79.9. The van der Waals surface area contributed by atoms with Crippen molar-refractivity contribution >= 4 is 27.5 Å². The van der Waals surface area contributed by atoms with Gasteiger partial charge in [-0.05, 0) is 42.4 Å². The van der Waals surface area contributed by atoms with Crippen LogP contribution < -0.4 is 0 Å². The maximum Gasteiger partial charge on any atom is 0.0408 e. The van der Waals surface area contributed by atoms with E-state index in [9.17, 15) is 0 Å². The molecule has 19 heavy (non-hydrogen) atoms. The molecule has 0 amide bonds. The molecule has 0 radical (unpaired) electrons. The molecule has 1 atom stereocenters. The van der Waals surface area contributed by atoms with Gasteiger partial charge >= 0.3 is 0 Å². The van der Waals surface area contributed by atoms with Crippen LogP contribution in [0.25, 0.3) is 0 Å². The molecule has 2 heteroatoms. The molecule has 1 unspecified atom stereocenters. The summed E-state index contributed by atoms with van der Waals surface area (Å²) in [5, 5.41) is 1.96. The van der Waals surface area contributed by atoms with E-state index in [1.165, 1.54) is 50.5 Å². The van der Waals surface area contributed by atoms with Crippen LogP contribution in [0.1, 0.15) is 50.5 Å². The Morgan fingerprint density at radius 3 is 2.68 bits per heavy atom. The molecule has 0 nitrogen and oxygen atoms in total. The molecule has 106 valence electrons. The molecule has 1 saturated carbocycles. The van der Waals surface area contributed by atoms with Gasteiger partial charge in [-0.1, -0.05) is 78.2 Å². The molecule has 1 fully saturated rings. The van der Waals surface area contributed by atoms with Crippen LogP contribution in [0.2, 0.25) is 5.02 Å². The van der Waals surface area contributed by atoms with Crippen LogP contribution in [0.5, 0.6) is 0 Å². The number of rotatable bonds is 6. The van der Waals surface area contributed by atoms with Gasteiger partial charge in [0.25, 0.3) is 0 Å². The van der Waals surface area contributed by atoms with Crippen LogP contribution in [0, 0.1) is 11.8 Å². The first kappa shape index (κ1) is 15.4. The topological polar surface area (TPSA) is 0 Å². The van der Waals surface area contributed by atoms with Gasteiger partial charge in [0.1, 0.15) is 0 Å². The highest BCUT2D eigenvalue weighted by Crippen LogP contribution is 2.30. The van der Waals surface area contributed by atoms with Crippen molar-refractivity contribution in [3.05, 3.63) is 34.9 Å². The molecular weight excluding hydrogens is 320 g/mol. The average Bonchev–Trinajstić information content (AvgIpc) is 2.44. The summed E-state index contributed by atoms with van der Waals surface area (Å²) in [5.74, 6) is 1.75. The minimum atomic E-state index is 0.750. The maximum absolute atomic E-state index is 6.06. The second-order valence-electron chi connectivity index (χ2n) is 5.94. The average molecular weight is 344 g/mol. The van der Waals surface area contributed by atoms with Crippen LogP contribution in [0.15, 0.2) is 24.3 Å². The van der Waals surface area contributed by atoms with Gasteiger partial charge in [-0.3, -0.25) is 0 Å². The third-order valence-corrected chi connectivity index (χ3v) is 5.49. The summed E-state index contributed by atoms with van der Waals surface area (Å²) < 4.78 is 0. The highest BCUT2D eigenvalue weighted by Gasteiger charge is 2.16. The smallest absolute Gasteiger partial charge is 0.0408 e. The molecule has 1 aliphatic carbocycles. The quantitative estimate of drug-likeness (QED) is 0.535. The maximum atomic E-state index is 6.06. The van der Waals surface area contributed by atoms with E-state index in [2.05, 4.69) is 34.1 Å². The summed E-state index contributed by atoms with van der Waals surface area (Å²) in [7, 11) is 0. The Balaban J connectivity index is 1.79. The molecule has 1 aromatic carbocycles. The Morgan fingerprint density at radius 2 is 2.00 bits per heavy atom. The number of benzene rings is 1. The van der Waals surface area contributed by atoms with Crippen LogP contribution in [0.4, 0.5) is 0 Å². The lowest BCUT2D eigenvalue weighted by Crippen LogP contribution is -2.12. The fraction of sp³-hybridized carbons (Fsp3) is 0.647. The van der Waals surface area contributed by atoms with Gasteiger partial charge in [0, 0.05) is 10.4 Å². The first-order chi connectivity index (χ1) is 9.28. The van der Waals surface area contributed by atoms with Crippen molar-refractivity contribution in [2.75, 3.05) is 5.33 Å². The van der Waals surface area contributed by atoms with Gasteiger partial charge in [-0.2, -0.15) is 0 Å². The van der Waals surface area contributed by atoms with Crippen LogP contribution in [-0.2, 0) is 6.42 Å². The third-order valence-electron chi connectivity index (χ3n) is 4.34. The van der Waals surface area contributed by atoms with Crippen LogP contribution >= 0.6 is 27.5 Å². The number of halogens is 2. The molecule has 0 aliphatic heterocycles. The molecule has 2 rings (SSSR count). The Labute approximate surface area is 131 Å². The fourth-order valence-electron chi connectivity index (χ4n) is 3.18. The lowest BCUT2D eigenvalue weighted by molar-refractivity contribution is 0.314. The largest absolute Gasteiger partial charge is 0.0925 e. The molecule has 0 saturated heterocycles. The Hall–Kier alpha value is -0.0100. The van der Waals surface area contributed by atoms with Crippen molar-refractivity contribution in [2.24, 2.45) is 11.8 Å². The van der Waals surface area contributed by atoms with Gasteiger partial charge in [0.2, 0.25) is 0 Å². The number of hydrogen-bond donors (Lipinski definition) is 0. The van der Waals surface area contributed by atoms with Crippen LogP contribution in [-0.4, -0.2) is 5.33 Å². The normalized spacial score (nSPS) is 18.4. The second kappa shape index (κ2) is 8.32. The zero-order valence-electron chi connectivity index (χ0n) is 11.6. The zero-order chi connectivity index (χ0) is 13.5. The van der Waals surface area contributed by atoms with Gasteiger partial charge in [0.15, 0.2) is 0 Å². The minimum absolute atomic E-state index is 0.750. The Morgan fingerprint density at radius 1 is 1.21 bits per heavy atom. The second-order valence-corrected chi connectivity index (χ2v) is 7.02. The first-order valence-corrected chi connectivity index (χ1v) is 9.08. The van der Waals surface area contributed by atoms with Crippen molar-refractivity contribution in [1.82, 2.24) is 0 Å². The van der Waals surface area contributed by atoms with Crippen molar-refractivity contribution in [3.63, 3.8) is 0 Å². The monoisotopic (exact) mass is 342 g/mol. The van der Waals surface area contributed by atoms with E-state index in [4.69, 9.17) is 11.6 Å². The summed E-state index contributed by atoms with van der Waals surface area (Å²) in [6.07, 6.45) is 11.2. The molecule has 1 aromatic rings. The summed E-state index contributed by atoms with van der Waals surface area (Å²) in [4.78, 5) is 0. The predicted molar refractivity (Wildman–Crippen MR) is 88.2 cm³/mol. The van der Waals surface area contributed by atoms with Gasteiger partial charge in [-0.15, -0.1) is 0 Å². The summed E-state index contributed by atoms with van der Waals surface area (Å²) in [6.45, 7) is 0. The molecule has 0 spiro atoms. The molecule has 0 bridgehead atoms. The highest BCUT2D eigenvalue weighted by molar-refractivity contribution is 9.09. The van der Waals surface area contributed by atoms with E-state index >= 15 is 0 Å². The van der Waals surface area contributed by atoms with E-state index in [-0.39, 0.29) is 0 Å². The van der Waals surface area contributed by atoms with E-state index in [1.807, 2.05) is 6.07 Å². The Bertz CT molecular complexity index is 371. The zero-order valence-corrected chi connectivity index (χ0v) is 13.9. The number of alkyl halides is 1. The van der Waals surface area contributed by atoms with E-state index in [0.717, 1.165) is 28.6 Å². The third kappa shape index (κ3) is 5.47. The predicted octanol–water partition coefficient (Wildman–Crippen LogP) is 6.25. The lowest BCUT2D eigenvalue weighted by atomic mass is 9.83. The molecule has 1 aliphatic rings. The minimum Gasteiger partial charge on any atom is -0.0925 e. The summed E-state index contributed by atoms with van der Waals surface area (Å²) in [5.41, 5.74) is 1.38. The number of hydrogen-bond acceptors (Lipinski definition) is 0. The van der Waals surface area contributed by atoms with Crippen molar-refractivity contribution in [3.8, 4) is 0 Å². The van der Waals surface area contributed by atoms with E-state index in [1.54, 1.807) is 0 Å². The summed E-state index contributed by atoms with van der Waals surface area (Å²) >= 11 is 9.74. The van der Waals surface area contributed by atoms with Gasteiger partial charge < -0.3 is 0 Å². The van der Waals surface area contributed by atoms with E-state index in [0.29, 0.717) is 0 Å². The fourth-order valence-corrected chi connectivity index (χ4v) is 3.94. The van der Waals surface area contributed by atoms with Crippen molar-refractivity contribution in [1.29, 1.82) is 0 Å². The molecular formula is C17H24BrCl. The molecule has 0 heterocycles.